The van der Waals surface area contributed by atoms with Crippen LogP contribution in [0.1, 0.15) is 28.7 Å². The quantitative estimate of drug-likeness (QED) is 0.539. The van der Waals surface area contributed by atoms with Gasteiger partial charge in [-0.3, -0.25) is 5.10 Å². The van der Waals surface area contributed by atoms with Gasteiger partial charge in [-0.1, -0.05) is 13.8 Å². The van der Waals surface area contributed by atoms with Crippen molar-refractivity contribution < 1.29 is 24.8 Å². The summed E-state index contributed by atoms with van der Waals surface area (Å²) < 4.78 is 70.2. The van der Waals surface area contributed by atoms with Crippen LogP contribution in [-0.4, -0.2) is 51.8 Å². The molecule has 0 amide bonds. The van der Waals surface area contributed by atoms with Gasteiger partial charge < -0.3 is 10.2 Å². The summed E-state index contributed by atoms with van der Waals surface area (Å²) in [6, 6.07) is 4.95. The van der Waals surface area contributed by atoms with Crippen molar-refractivity contribution in [2.45, 2.75) is 38.4 Å². The van der Waals surface area contributed by atoms with Crippen LogP contribution < -0.4 is 10.2 Å². The normalized spacial score (nSPS) is 19.5. The molecule has 3 aromatic heterocycles. The maximum absolute atomic E-state index is 14.4. The Morgan fingerprint density at radius 2 is 2.03 bits per heavy atom. The number of fused-ring (bicyclic) bond motifs is 1. The third-order valence-electron chi connectivity index (χ3n) is 5.34. The molecule has 0 aromatic carbocycles. The lowest BCUT2D eigenvalue weighted by Gasteiger charge is -2.28. The monoisotopic (exact) mass is 458 g/mol. The van der Waals surface area contributed by atoms with Gasteiger partial charge in [0.15, 0.2) is 5.65 Å². The van der Waals surface area contributed by atoms with Crippen LogP contribution in [0, 0.1) is 5.92 Å². The number of aromatic amines is 1. The van der Waals surface area contributed by atoms with Crippen LogP contribution in [0.3, 0.4) is 0 Å². The van der Waals surface area contributed by atoms with E-state index in [9.17, 15) is 22.0 Å². The van der Waals surface area contributed by atoms with Gasteiger partial charge in [0, 0.05) is 27.0 Å². The van der Waals surface area contributed by atoms with Crippen LogP contribution in [0.5, 0.6) is 0 Å². The van der Waals surface area contributed by atoms with Gasteiger partial charge in [0.25, 0.3) is 5.92 Å². The highest BCUT2D eigenvalue weighted by atomic mass is 19.4. The summed E-state index contributed by atoms with van der Waals surface area (Å²) in [4.78, 5) is 9.61. The molecule has 32 heavy (non-hydrogen) atoms. The van der Waals surface area contributed by atoms with Gasteiger partial charge in [-0.15, -0.1) is 0 Å². The number of nitrogens with zero attached hydrogens (tertiary/aromatic N) is 4. The first-order chi connectivity index (χ1) is 15.0. The first-order valence-electron chi connectivity index (χ1n) is 10.3. The predicted molar refractivity (Wildman–Crippen MR) is 115 cm³/mol. The molecule has 0 aliphatic carbocycles. The summed E-state index contributed by atoms with van der Waals surface area (Å²) in [6.45, 7) is 3.04. The van der Waals surface area contributed by atoms with Crippen molar-refractivity contribution in [3.05, 3.63) is 36.0 Å². The Hall–Kier alpha value is -2.82. The number of aromatic nitrogens is 4. The third-order valence-corrected chi connectivity index (χ3v) is 5.34. The number of hydrogen-bond donors (Lipinski definition) is 2. The number of H-pyrrole nitrogens is 1. The molecule has 11 heteroatoms. The van der Waals surface area contributed by atoms with Gasteiger partial charge in [-0.2, -0.15) is 18.3 Å². The van der Waals surface area contributed by atoms with E-state index >= 15 is 0 Å². The fourth-order valence-electron chi connectivity index (χ4n) is 4.00. The van der Waals surface area contributed by atoms with Gasteiger partial charge in [0.1, 0.15) is 11.5 Å². The Kier molecular flexibility index (Phi) is 5.78. The summed E-state index contributed by atoms with van der Waals surface area (Å²) >= 11 is 0. The van der Waals surface area contributed by atoms with Crippen molar-refractivity contribution in [3.63, 3.8) is 0 Å². The van der Waals surface area contributed by atoms with Crippen LogP contribution in [0.2, 0.25) is 0 Å². The Balaban J connectivity index is 0.00000204. The zero-order valence-electron chi connectivity index (χ0n) is 17.5. The number of hydrogen-bond acceptors (Lipinski definition) is 5. The molecule has 1 aliphatic heterocycles. The second-order valence-electron chi connectivity index (χ2n) is 8.48. The highest BCUT2D eigenvalue weighted by Gasteiger charge is 2.39. The summed E-state index contributed by atoms with van der Waals surface area (Å²) in [5, 5.41) is 9.78. The van der Waals surface area contributed by atoms with E-state index in [4.69, 9.17) is 0 Å². The average Bonchev–Trinajstić information content (AvgIpc) is 3.07. The van der Waals surface area contributed by atoms with Crippen LogP contribution in [0.15, 0.2) is 30.5 Å². The van der Waals surface area contributed by atoms with Gasteiger partial charge in [0.2, 0.25) is 0 Å². The minimum absolute atomic E-state index is 0. The number of pyridine rings is 2. The minimum Gasteiger partial charge on any atom is -0.349 e. The van der Waals surface area contributed by atoms with Crippen molar-refractivity contribution >= 4 is 16.9 Å². The minimum atomic E-state index is -4.69. The van der Waals surface area contributed by atoms with Crippen molar-refractivity contribution in [1.29, 1.82) is 0 Å². The number of nitrogens with one attached hydrogen (secondary N) is 2. The summed E-state index contributed by atoms with van der Waals surface area (Å²) in [7, 11) is 0. The molecular weight excluding hydrogens is 431 g/mol. The molecule has 1 aliphatic rings. The Morgan fingerprint density at radius 1 is 1.25 bits per heavy atom. The average molecular weight is 458 g/mol. The van der Waals surface area contributed by atoms with Gasteiger partial charge in [0.05, 0.1) is 24.3 Å². The number of halogens is 5. The Labute approximate surface area is 184 Å². The maximum Gasteiger partial charge on any atom is 0.418 e. The highest BCUT2D eigenvalue weighted by Crippen LogP contribution is 2.39. The molecule has 3 aromatic rings. The van der Waals surface area contributed by atoms with Gasteiger partial charge in [-0.05, 0) is 36.6 Å². The van der Waals surface area contributed by atoms with E-state index in [0.29, 0.717) is 11.8 Å². The molecule has 176 valence electrons. The molecular formula is C21H27F5N6. The summed E-state index contributed by atoms with van der Waals surface area (Å²) in [6.07, 6.45) is -2.56. The van der Waals surface area contributed by atoms with E-state index in [0.717, 1.165) is 12.1 Å². The molecule has 4 heterocycles. The van der Waals surface area contributed by atoms with Crippen molar-refractivity contribution in [3.8, 4) is 11.4 Å². The van der Waals surface area contributed by atoms with Crippen LogP contribution in [0.25, 0.3) is 22.4 Å². The topological polar surface area (TPSA) is 69.7 Å². The lowest BCUT2D eigenvalue weighted by atomic mass is 10.0. The first kappa shape index (κ1) is 22.4. The summed E-state index contributed by atoms with van der Waals surface area (Å²) in [5.41, 5.74) is -1.09. The second kappa shape index (κ2) is 8.27. The number of anilines is 1. The third kappa shape index (κ3) is 4.67. The molecule has 0 unspecified atom stereocenters. The zero-order valence-corrected chi connectivity index (χ0v) is 17.5. The van der Waals surface area contributed by atoms with E-state index in [-0.39, 0.29) is 38.5 Å². The first-order valence-corrected chi connectivity index (χ1v) is 10.3. The van der Waals surface area contributed by atoms with Gasteiger partial charge >= 0.3 is 6.18 Å². The molecule has 1 atom stereocenters. The standard InChI is InChI=1S/C21H23F5N6.2H2/c1-12(2)8-13-9-32(11-20(22,23)10-28-13)16-6-5-15(21(24,25)26)18(29-16)17-14-4-3-7-27-19(14)31-30-17;;/h3-7,12-13,28H,8-11H2,1-2H3,(H,27,30,31);2*1H/t13-;;/m0../s1. The van der Waals surface area contributed by atoms with Crippen LogP contribution >= 0.6 is 0 Å². The fourth-order valence-corrected chi connectivity index (χ4v) is 4.00. The molecule has 0 bridgehead atoms. The number of alkyl halides is 5. The molecule has 4 rings (SSSR count). The molecule has 0 spiro atoms. The Morgan fingerprint density at radius 3 is 2.75 bits per heavy atom. The van der Waals surface area contributed by atoms with Gasteiger partial charge in [-0.25, -0.2) is 18.7 Å². The van der Waals surface area contributed by atoms with Crippen molar-refractivity contribution in [2.75, 3.05) is 24.5 Å². The zero-order chi connectivity index (χ0) is 23.1. The van der Waals surface area contributed by atoms with Crippen LogP contribution in [0.4, 0.5) is 27.8 Å². The lowest BCUT2D eigenvalue weighted by molar-refractivity contribution is -0.137. The molecule has 0 radical (unpaired) electrons. The molecule has 0 saturated carbocycles. The smallest absolute Gasteiger partial charge is 0.349 e. The molecule has 1 fully saturated rings. The highest BCUT2D eigenvalue weighted by molar-refractivity contribution is 5.90. The number of rotatable bonds is 4. The maximum atomic E-state index is 14.4. The fraction of sp³-hybridized carbons (Fsp3) is 0.476. The van der Waals surface area contributed by atoms with Crippen molar-refractivity contribution in [1.82, 2.24) is 25.5 Å². The van der Waals surface area contributed by atoms with E-state index < -0.39 is 36.4 Å². The van der Waals surface area contributed by atoms with Crippen LogP contribution in [-0.2, 0) is 6.18 Å². The predicted octanol–water partition coefficient (Wildman–Crippen LogP) is 4.99. The summed E-state index contributed by atoms with van der Waals surface area (Å²) in [5.74, 6) is -2.74. The van der Waals surface area contributed by atoms with E-state index in [1.807, 2.05) is 13.8 Å². The lowest BCUT2D eigenvalue weighted by Crippen LogP contribution is -2.39. The van der Waals surface area contributed by atoms with Crippen molar-refractivity contribution in [2.24, 2.45) is 5.92 Å². The molecule has 6 nitrogen and oxygen atoms in total. The largest absolute Gasteiger partial charge is 0.418 e. The van der Waals surface area contributed by atoms with E-state index in [1.165, 1.54) is 11.1 Å². The van der Waals surface area contributed by atoms with E-state index in [2.05, 4.69) is 25.5 Å². The second-order valence-corrected chi connectivity index (χ2v) is 8.48. The SMILES string of the molecule is CC(C)C[C@H]1CN(c2ccc(C(F)(F)F)c(-c3[nH]nc4ncccc34)n2)CC(F)(F)CN1.[HH].[HH]. The van der Waals surface area contributed by atoms with E-state index in [1.54, 1.807) is 12.1 Å². The molecule has 1 saturated heterocycles. The Bertz CT molecular complexity index is 1100. The molecule has 2 N–H and O–H groups in total.